The van der Waals surface area contributed by atoms with Crippen LogP contribution in [0.1, 0.15) is 35.4 Å². The Labute approximate surface area is 127 Å². The molecule has 1 amide bonds. The first-order valence-corrected chi connectivity index (χ1v) is 7.53. The van der Waals surface area contributed by atoms with Gasteiger partial charge in [-0.3, -0.25) is 19.6 Å². The quantitative estimate of drug-likeness (QED) is 0.630. The van der Waals surface area contributed by atoms with Crippen LogP contribution >= 0.6 is 0 Å². The average molecular weight is 308 g/mol. The third-order valence-electron chi connectivity index (χ3n) is 5.19. The third kappa shape index (κ3) is 2.18. The van der Waals surface area contributed by atoms with E-state index < -0.39 is 10.8 Å². The van der Waals surface area contributed by atoms with E-state index in [1.807, 2.05) is 0 Å². The Kier molecular flexibility index (Phi) is 3.64. The lowest BCUT2D eigenvalue weighted by molar-refractivity contribution is -0.385. The Morgan fingerprint density at radius 3 is 2.82 bits per heavy atom. The van der Waals surface area contributed by atoms with Gasteiger partial charge in [-0.2, -0.15) is 5.10 Å². The number of rotatable bonds is 4. The van der Waals surface area contributed by atoms with E-state index in [2.05, 4.69) is 10.4 Å². The smallest absolute Gasteiger partial charge is 0.322 e. The van der Waals surface area contributed by atoms with Crippen LogP contribution in [0.2, 0.25) is 0 Å². The van der Waals surface area contributed by atoms with Gasteiger partial charge in [0.2, 0.25) is 5.69 Å². The van der Waals surface area contributed by atoms with Crippen molar-refractivity contribution in [2.75, 3.05) is 6.61 Å². The van der Waals surface area contributed by atoms with Crippen molar-refractivity contribution in [2.45, 2.75) is 32.2 Å². The van der Waals surface area contributed by atoms with Crippen molar-refractivity contribution >= 4 is 11.6 Å². The van der Waals surface area contributed by atoms with Crippen molar-refractivity contribution in [3.8, 4) is 0 Å². The predicted molar refractivity (Wildman–Crippen MR) is 77.3 cm³/mol. The summed E-state index contributed by atoms with van der Waals surface area (Å²) in [5.74, 6) is 0.380. The Bertz CT molecular complexity index is 627. The fraction of sp³-hybridized carbons (Fsp3) is 0.714. The molecular weight excluding hydrogens is 288 g/mol. The van der Waals surface area contributed by atoms with Crippen LogP contribution < -0.4 is 5.32 Å². The summed E-state index contributed by atoms with van der Waals surface area (Å²) in [6.07, 6.45) is 3.15. The molecule has 2 aliphatic carbocycles. The zero-order chi connectivity index (χ0) is 16.0. The average Bonchev–Trinajstić information content (AvgIpc) is 3.11. The zero-order valence-electron chi connectivity index (χ0n) is 12.7. The van der Waals surface area contributed by atoms with Crippen LogP contribution in [0.4, 0.5) is 5.69 Å². The van der Waals surface area contributed by atoms with Crippen LogP contribution in [0.5, 0.6) is 0 Å². The second-order valence-corrected chi connectivity index (χ2v) is 6.34. The number of amides is 1. The molecule has 0 saturated heterocycles. The van der Waals surface area contributed by atoms with Gasteiger partial charge in [-0.25, -0.2) is 0 Å². The summed E-state index contributed by atoms with van der Waals surface area (Å²) in [5, 5.41) is 27.6. The molecule has 8 heteroatoms. The number of hydrogen-bond acceptors (Lipinski definition) is 5. The number of hydrogen-bond donors (Lipinski definition) is 2. The minimum Gasteiger partial charge on any atom is -0.396 e. The van der Waals surface area contributed by atoms with Gasteiger partial charge < -0.3 is 10.4 Å². The molecule has 2 N–H and O–H groups in total. The van der Waals surface area contributed by atoms with E-state index in [1.54, 1.807) is 0 Å². The van der Waals surface area contributed by atoms with Gasteiger partial charge >= 0.3 is 5.69 Å². The molecule has 1 heterocycles. The van der Waals surface area contributed by atoms with Crippen LogP contribution in [-0.2, 0) is 7.05 Å². The Morgan fingerprint density at radius 2 is 2.18 bits per heavy atom. The van der Waals surface area contributed by atoms with Crippen molar-refractivity contribution in [3.63, 3.8) is 0 Å². The topological polar surface area (TPSA) is 110 Å². The van der Waals surface area contributed by atoms with E-state index in [0.29, 0.717) is 11.8 Å². The zero-order valence-corrected chi connectivity index (χ0v) is 12.7. The Morgan fingerprint density at radius 1 is 1.50 bits per heavy atom. The minimum absolute atomic E-state index is 0.0260. The molecular formula is C14H20N4O4. The van der Waals surface area contributed by atoms with Crippen LogP contribution in [0.15, 0.2) is 0 Å². The fourth-order valence-corrected chi connectivity index (χ4v) is 4.24. The first-order valence-electron chi connectivity index (χ1n) is 7.53. The minimum atomic E-state index is -0.568. The highest BCUT2D eigenvalue weighted by Crippen LogP contribution is 2.48. The molecule has 4 atom stereocenters. The summed E-state index contributed by atoms with van der Waals surface area (Å²) in [6.45, 7) is 1.56. The number of aryl methyl sites for hydroxylation is 2. The molecule has 1 aromatic rings. The summed E-state index contributed by atoms with van der Waals surface area (Å²) >= 11 is 0. The number of aliphatic hydroxyl groups excluding tert-OH is 1. The Hall–Kier alpha value is -1.96. The van der Waals surface area contributed by atoms with Gasteiger partial charge in [-0.15, -0.1) is 0 Å². The summed E-state index contributed by atoms with van der Waals surface area (Å²) in [6, 6.07) is -0.105. The second kappa shape index (κ2) is 5.35. The highest BCUT2D eigenvalue weighted by Gasteiger charge is 2.48. The molecule has 0 radical (unpaired) electrons. The number of carbonyl (C=O) groups is 1. The molecule has 120 valence electrons. The summed E-state index contributed by atoms with van der Waals surface area (Å²) < 4.78 is 1.25. The maximum Gasteiger partial charge on any atom is 0.322 e. The molecule has 2 bridgehead atoms. The van der Waals surface area contributed by atoms with E-state index in [9.17, 15) is 20.0 Å². The molecule has 2 aliphatic rings. The van der Waals surface area contributed by atoms with Gasteiger partial charge in [0, 0.05) is 25.6 Å². The molecule has 2 fully saturated rings. The standard InChI is InChI=1S/C14H20N4O4/c1-7-12(18(21)22)13(17(2)16-7)14(20)15-11-9-4-3-8(5-9)10(11)6-19/h8-11,19H,3-6H2,1-2H3,(H,15,20). The van der Waals surface area contributed by atoms with Gasteiger partial charge in [-0.05, 0) is 38.0 Å². The van der Waals surface area contributed by atoms with Gasteiger partial charge in [0.05, 0.1) is 4.92 Å². The van der Waals surface area contributed by atoms with E-state index in [1.165, 1.54) is 18.7 Å². The number of nitro groups is 1. The number of nitrogens with zero attached hydrogens (tertiary/aromatic N) is 3. The normalized spacial score (nSPS) is 29.8. The van der Waals surface area contributed by atoms with Gasteiger partial charge in [0.15, 0.2) is 0 Å². The van der Waals surface area contributed by atoms with Crippen molar-refractivity contribution in [1.29, 1.82) is 0 Å². The van der Waals surface area contributed by atoms with E-state index in [-0.39, 0.29) is 35.6 Å². The number of aromatic nitrogens is 2. The molecule has 3 rings (SSSR count). The van der Waals surface area contributed by atoms with Crippen molar-refractivity contribution < 1.29 is 14.8 Å². The van der Waals surface area contributed by atoms with Gasteiger partial charge in [0.1, 0.15) is 5.69 Å². The molecule has 4 unspecified atom stereocenters. The van der Waals surface area contributed by atoms with E-state index >= 15 is 0 Å². The lowest BCUT2D eigenvalue weighted by Gasteiger charge is -2.30. The monoisotopic (exact) mass is 308 g/mol. The number of fused-ring (bicyclic) bond motifs is 2. The summed E-state index contributed by atoms with van der Waals surface area (Å²) in [7, 11) is 1.53. The highest BCUT2D eigenvalue weighted by molar-refractivity contribution is 5.97. The lowest BCUT2D eigenvalue weighted by Crippen LogP contribution is -2.45. The van der Waals surface area contributed by atoms with Crippen molar-refractivity contribution in [1.82, 2.24) is 15.1 Å². The van der Waals surface area contributed by atoms with Crippen LogP contribution in [0, 0.1) is 34.8 Å². The molecule has 0 aromatic carbocycles. The van der Waals surface area contributed by atoms with Crippen LogP contribution in [0.25, 0.3) is 0 Å². The third-order valence-corrected chi connectivity index (χ3v) is 5.19. The SMILES string of the molecule is Cc1nn(C)c(C(=O)NC2C3CCC(C3)C2CO)c1[N+](=O)[O-]. The Balaban J connectivity index is 1.85. The first-order chi connectivity index (χ1) is 10.4. The molecule has 2 saturated carbocycles. The highest BCUT2D eigenvalue weighted by atomic mass is 16.6. The van der Waals surface area contributed by atoms with Gasteiger partial charge in [-0.1, -0.05) is 0 Å². The molecule has 0 spiro atoms. The second-order valence-electron chi connectivity index (χ2n) is 6.34. The maximum atomic E-state index is 12.5. The van der Waals surface area contributed by atoms with Crippen molar-refractivity contribution in [3.05, 3.63) is 21.5 Å². The first kappa shape index (κ1) is 15.0. The van der Waals surface area contributed by atoms with Crippen molar-refractivity contribution in [2.24, 2.45) is 24.8 Å². The summed E-state index contributed by atoms with van der Waals surface area (Å²) in [5.41, 5.74) is -0.0463. The molecule has 22 heavy (non-hydrogen) atoms. The van der Waals surface area contributed by atoms with E-state index in [4.69, 9.17) is 0 Å². The number of aliphatic hydroxyl groups is 1. The number of nitrogens with one attached hydrogen (secondary N) is 1. The number of carbonyl (C=O) groups excluding carboxylic acids is 1. The van der Waals surface area contributed by atoms with Crippen LogP contribution in [-0.4, -0.2) is 38.4 Å². The van der Waals surface area contributed by atoms with Gasteiger partial charge in [0.25, 0.3) is 5.91 Å². The lowest BCUT2D eigenvalue weighted by atomic mass is 9.85. The fourth-order valence-electron chi connectivity index (χ4n) is 4.24. The largest absolute Gasteiger partial charge is 0.396 e. The molecule has 8 nitrogen and oxygen atoms in total. The predicted octanol–water partition coefficient (Wildman–Crippen LogP) is 0.774. The molecule has 1 aromatic heterocycles. The van der Waals surface area contributed by atoms with E-state index in [0.717, 1.165) is 19.3 Å². The van der Waals surface area contributed by atoms with Crippen LogP contribution in [0.3, 0.4) is 0 Å². The maximum absolute atomic E-state index is 12.5. The summed E-state index contributed by atoms with van der Waals surface area (Å²) in [4.78, 5) is 23.1. The molecule has 0 aliphatic heterocycles.